The Bertz CT molecular complexity index is 372. The summed E-state index contributed by atoms with van der Waals surface area (Å²) in [6.07, 6.45) is 3.15. The molecule has 0 aromatic heterocycles. The van der Waals surface area contributed by atoms with Crippen molar-refractivity contribution < 1.29 is 9.53 Å². The van der Waals surface area contributed by atoms with E-state index in [-0.39, 0.29) is 12.1 Å². The average Bonchev–Trinajstić information content (AvgIpc) is 2.65. The summed E-state index contributed by atoms with van der Waals surface area (Å²) in [5, 5.41) is 0. The lowest BCUT2D eigenvalue weighted by molar-refractivity contribution is -0.138. The summed E-state index contributed by atoms with van der Waals surface area (Å²) in [5.41, 5.74) is 1.12. The molecule has 3 nitrogen and oxygen atoms in total. The van der Waals surface area contributed by atoms with Gasteiger partial charge in [-0.1, -0.05) is 18.2 Å². The van der Waals surface area contributed by atoms with Crippen LogP contribution in [0.25, 0.3) is 0 Å². The zero-order chi connectivity index (χ0) is 10.7. The normalized spacial score (nSPS) is 19.0. The maximum absolute atomic E-state index is 10.8. The van der Waals surface area contributed by atoms with Gasteiger partial charge in [0.05, 0.1) is 6.54 Å². The lowest BCUT2D eigenvalue weighted by Crippen LogP contribution is -2.28. The molecule has 0 saturated carbocycles. The van der Waals surface area contributed by atoms with Gasteiger partial charge in [-0.05, 0) is 18.2 Å². The van der Waals surface area contributed by atoms with Gasteiger partial charge in [-0.2, -0.15) is 0 Å². The highest BCUT2D eigenvalue weighted by atomic mass is 16.5. The van der Waals surface area contributed by atoms with Gasteiger partial charge in [0.15, 0.2) is 0 Å². The molecule has 0 N–H and O–H groups in total. The van der Waals surface area contributed by atoms with E-state index in [1.54, 1.807) is 6.08 Å². The molecule has 0 spiro atoms. The smallest absolute Gasteiger partial charge is 0.331 e. The number of benzene rings is 1. The van der Waals surface area contributed by atoms with Crippen molar-refractivity contribution >= 4 is 11.7 Å². The maximum Gasteiger partial charge on any atom is 0.331 e. The van der Waals surface area contributed by atoms with Crippen molar-refractivity contribution in [3.05, 3.63) is 42.5 Å². The summed E-state index contributed by atoms with van der Waals surface area (Å²) in [6.45, 7) is 0.687. The predicted molar refractivity (Wildman–Crippen MR) is 58.7 cm³/mol. The first-order valence-corrected chi connectivity index (χ1v) is 4.91. The van der Waals surface area contributed by atoms with Crippen LogP contribution >= 0.6 is 0 Å². The Hall–Kier alpha value is -1.77. The predicted octanol–water partition coefficient (Wildman–Crippen LogP) is 1.60. The molecule has 1 heterocycles. The third-order valence-corrected chi connectivity index (χ3v) is 2.37. The molecule has 78 valence electrons. The van der Waals surface area contributed by atoms with Crippen LogP contribution in [0.5, 0.6) is 0 Å². The van der Waals surface area contributed by atoms with Gasteiger partial charge in [0.2, 0.25) is 0 Å². The van der Waals surface area contributed by atoms with Gasteiger partial charge in [0, 0.05) is 18.8 Å². The molecular formula is C12H13NO2. The molecule has 1 aliphatic rings. The maximum atomic E-state index is 10.8. The van der Waals surface area contributed by atoms with Gasteiger partial charge >= 0.3 is 5.97 Å². The number of hydrogen-bond acceptors (Lipinski definition) is 3. The fourth-order valence-electron chi connectivity index (χ4n) is 1.57. The number of carbonyl (C=O) groups excluding carboxylic acids is 1. The van der Waals surface area contributed by atoms with E-state index in [1.807, 2.05) is 37.4 Å². The van der Waals surface area contributed by atoms with Gasteiger partial charge in [-0.25, -0.2) is 4.79 Å². The van der Waals surface area contributed by atoms with Gasteiger partial charge in [-0.3, -0.25) is 0 Å². The van der Waals surface area contributed by atoms with Crippen LogP contribution in [0.2, 0.25) is 0 Å². The number of para-hydroxylation sites is 1. The SMILES string of the molecule is CN(CC1C=CC(=O)O1)c1ccccc1. The minimum absolute atomic E-state index is 0.122. The van der Waals surface area contributed by atoms with Crippen molar-refractivity contribution in [3.8, 4) is 0 Å². The Kier molecular flexibility index (Phi) is 2.72. The highest BCUT2D eigenvalue weighted by Gasteiger charge is 2.18. The first-order valence-electron chi connectivity index (χ1n) is 4.91. The Morgan fingerprint density at radius 1 is 1.33 bits per heavy atom. The van der Waals surface area contributed by atoms with Crippen molar-refractivity contribution in [2.45, 2.75) is 6.10 Å². The molecule has 0 radical (unpaired) electrons. The molecule has 0 amide bonds. The number of likely N-dealkylation sites (N-methyl/N-ethyl adjacent to an activating group) is 1. The molecule has 1 aromatic carbocycles. The number of carbonyl (C=O) groups is 1. The monoisotopic (exact) mass is 203 g/mol. The number of anilines is 1. The minimum atomic E-state index is -0.249. The Balaban J connectivity index is 1.96. The highest BCUT2D eigenvalue weighted by molar-refractivity contribution is 5.84. The van der Waals surface area contributed by atoms with Crippen LogP contribution in [0.4, 0.5) is 5.69 Å². The second-order valence-corrected chi connectivity index (χ2v) is 3.55. The third kappa shape index (κ3) is 2.37. The molecule has 2 rings (SSSR count). The number of hydrogen-bond donors (Lipinski definition) is 0. The van der Waals surface area contributed by atoms with Crippen molar-refractivity contribution in [2.75, 3.05) is 18.5 Å². The van der Waals surface area contributed by atoms with Gasteiger partial charge in [0.1, 0.15) is 6.10 Å². The van der Waals surface area contributed by atoms with E-state index in [2.05, 4.69) is 4.90 Å². The lowest BCUT2D eigenvalue weighted by Gasteiger charge is -2.21. The number of ether oxygens (including phenoxy) is 1. The van der Waals surface area contributed by atoms with Crippen LogP contribution in [-0.4, -0.2) is 25.7 Å². The largest absolute Gasteiger partial charge is 0.453 e. The van der Waals surface area contributed by atoms with E-state index in [4.69, 9.17) is 4.74 Å². The van der Waals surface area contributed by atoms with Crippen LogP contribution in [0.15, 0.2) is 42.5 Å². The van der Waals surface area contributed by atoms with Gasteiger partial charge < -0.3 is 9.64 Å². The van der Waals surface area contributed by atoms with Crippen molar-refractivity contribution in [1.82, 2.24) is 0 Å². The number of esters is 1. The molecule has 1 atom stereocenters. The fourth-order valence-corrected chi connectivity index (χ4v) is 1.57. The summed E-state index contributed by atoms with van der Waals surface area (Å²) in [7, 11) is 1.98. The van der Waals surface area contributed by atoms with E-state index >= 15 is 0 Å². The standard InChI is InChI=1S/C12H13NO2/c1-13(10-5-3-2-4-6-10)9-11-7-8-12(14)15-11/h2-8,11H,9H2,1H3. The highest BCUT2D eigenvalue weighted by Crippen LogP contribution is 2.14. The average molecular weight is 203 g/mol. The summed E-state index contributed by atoms with van der Waals surface area (Å²) in [4.78, 5) is 12.9. The van der Waals surface area contributed by atoms with Crippen LogP contribution in [0.1, 0.15) is 0 Å². The van der Waals surface area contributed by atoms with E-state index in [0.29, 0.717) is 6.54 Å². The second-order valence-electron chi connectivity index (χ2n) is 3.55. The zero-order valence-corrected chi connectivity index (χ0v) is 8.59. The molecule has 15 heavy (non-hydrogen) atoms. The van der Waals surface area contributed by atoms with Gasteiger partial charge in [-0.15, -0.1) is 0 Å². The Morgan fingerprint density at radius 2 is 2.07 bits per heavy atom. The van der Waals surface area contributed by atoms with E-state index in [9.17, 15) is 4.79 Å². The first-order chi connectivity index (χ1) is 7.25. The third-order valence-electron chi connectivity index (χ3n) is 2.37. The molecule has 0 bridgehead atoms. The topological polar surface area (TPSA) is 29.5 Å². The van der Waals surface area contributed by atoms with Crippen molar-refractivity contribution in [3.63, 3.8) is 0 Å². The molecule has 3 heteroatoms. The zero-order valence-electron chi connectivity index (χ0n) is 8.59. The summed E-state index contributed by atoms with van der Waals surface area (Å²) in [5.74, 6) is -0.249. The van der Waals surface area contributed by atoms with E-state index in [0.717, 1.165) is 5.69 Å². The van der Waals surface area contributed by atoms with E-state index in [1.165, 1.54) is 6.08 Å². The van der Waals surface area contributed by atoms with Crippen LogP contribution in [0, 0.1) is 0 Å². The van der Waals surface area contributed by atoms with E-state index < -0.39 is 0 Å². The molecular weight excluding hydrogens is 190 g/mol. The van der Waals surface area contributed by atoms with Crippen LogP contribution in [0.3, 0.4) is 0 Å². The Morgan fingerprint density at radius 3 is 2.67 bits per heavy atom. The number of rotatable bonds is 3. The molecule has 1 unspecified atom stereocenters. The fraction of sp³-hybridized carbons (Fsp3) is 0.250. The van der Waals surface area contributed by atoms with Crippen molar-refractivity contribution in [1.29, 1.82) is 0 Å². The molecule has 0 fully saturated rings. The quantitative estimate of drug-likeness (QED) is 0.699. The summed E-state index contributed by atoms with van der Waals surface area (Å²) >= 11 is 0. The number of cyclic esters (lactones) is 1. The van der Waals surface area contributed by atoms with Crippen molar-refractivity contribution in [2.24, 2.45) is 0 Å². The minimum Gasteiger partial charge on any atom is -0.453 e. The Labute approximate surface area is 89.0 Å². The molecule has 0 aliphatic carbocycles. The van der Waals surface area contributed by atoms with Crippen LogP contribution < -0.4 is 4.90 Å². The first kappa shape index (κ1) is 9.77. The summed E-state index contributed by atoms with van der Waals surface area (Å²) < 4.78 is 5.06. The number of nitrogens with zero attached hydrogens (tertiary/aromatic N) is 1. The molecule has 0 saturated heterocycles. The lowest BCUT2D eigenvalue weighted by atomic mass is 10.2. The van der Waals surface area contributed by atoms with Gasteiger partial charge in [0.25, 0.3) is 0 Å². The van der Waals surface area contributed by atoms with Crippen LogP contribution in [-0.2, 0) is 9.53 Å². The molecule has 1 aliphatic heterocycles. The second kappa shape index (κ2) is 4.17. The molecule has 1 aromatic rings. The summed E-state index contributed by atoms with van der Waals surface area (Å²) in [6, 6.07) is 10.0.